The summed E-state index contributed by atoms with van der Waals surface area (Å²) in [6.45, 7) is 2.13. The minimum Gasteiger partial charge on any atom is -0.471 e. The van der Waals surface area contributed by atoms with Gasteiger partial charge in [-0.15, -0.1) is 0 Å². The molecule has 0 spiro atoms. The summed E-state index contributed by atoms with van der Waals surface area (Å²) in [5, 5.41) is 23.3. The van der Waals surface area contributed by atoms with Crippen molar-refractivity contribution in [2.45, 2.75) is 31.4 Å². The Morgan fingerprint density at radius 1 is 1.43 bits per heavy atom. The molecule has 1 amide bonds. The third-order valence-electron chi connectivity index (χ3n) is 5.00. The Hall–Kier alpha value is -3.12. The fraction of sp³-hybridized carbons (Fsp3) is 0.474. The highest BCUT2D eigenvalue weighted by atomic mass is 16.5. The molecule has 2 unspecified atom stereocenters. The first kappa shape index (κ1) is 18.3. The van der Waals surface area contributed by atoms with Gasteiger partial charge in [-0.25, -0.2) is 14.8 Å². The monoisotopic (exact) mass is 383 g/mol. The molecule has 0 radical (unpaired) electrons. The first-order valence-electron chi connectivity index (χ1n) is 9.32. The van der Waals surface area contributed by atoms with Crippen LogP contribution in [0.1, 0.15) is 25.0 Å². The van der Waals surface area contributed by atoms with Gasteiger partial charge in [0.25, 0.3) is 0 Å². The SMILES string of the molecule is N#Cc1cc2cnc(NC3CCCN(C(=O)O)C3)cc2c(OC2CCOC2)n1. The van der Waals surface area contributed by atoms with E-state index in [9.17, 15) is 15.2 Å². The Labute approximate surface area is 161 Å². The summed E-state index contributed by atoms with van der Waals surface area (Å²) in [6, 6.07) is 5.57. The van der Waals surface area contributed by atoms with Crippen LogP contribution in [-0.4, -0.2) is 64.5 Å². The van der Waals surface area contributed by atoms with Gasteiger partial charge in [-0.3, -0.25) is 0 Å². The van der Waals surface area contributed by atoms with E-state index in [1.54, 1.807) is 12.3 Å². The molecule has 2 aliphatic rings. The third kappa shape index (κ3) is 3.92. The number of carboxylic acid groups (broad SMARTS) is 1. The molecule has 2 aromatic heterocycles. The Kier molecular flexibility index (Phi) is 5.12. The van der Waals surface area contributed by atoms with E-state index in [1.807, 2.05) is 6.07 Å². The van der Waals surface area contributed by atoms with Crippen LogP contribution in [0.2, 0.25) is 0 Å². The molecule has 2 aromatic rings. The third-order valence-corrected chi connectivity index (χ3v) is 5.00. The van der Waals surface area contributed by atoms with Gasteiger partial charge >= 0.3 is 6.09 Å². The molecule has 0 aliphatic carbocycles. The summed E-state index contributed by atoms with van der Waals surface area (Å²) in [4.78, 5) is 21.4. The summed E-state index contributed by atoms with van der Waals surface area (Å²) in [7, 11) is 0. The summed E-state index contributed by atoms with van der Waals surface area (Å²) < 4.78 is 11.4. The fourth-order valence-electron chi connectivity index (χ4n) is 3.58. The van der Waals surface area contributed by atoms with Crippen molar-refractivity contribution < 1.29 is 19.4 Å². The van der Waals surface area contributed by atoms with Gasteiger partial charge in [0.1, 0.15) is 23.7 Å². The number of fused-ring (bicyclic) bond motifs is 1. The van der Waals surface area contributed by atoms with Crippen molar-refractivity contribution in [1.82, 2.24) is 14.9 Å². The Morgan fingerprint density at radius 2 is 2.32 bits per heavy atom. The van der Waals surface area contributed by atoms with Gasteiger partial charge in [-0.2, -0.15) is 5.26 Å². The molecule has 2 saturated heterocycles. The average molecular weight is 383 g/mol. The van der Waals surface area contributed by atoms with E-state index in [0.29, 0.717) is 38.0 Å². The predicted octanol–water partition coefficient (Wildman–Crippen LogP) is 2.22. The van der Waals surface area contributed by atoms with Gasteiger partial charge in [-0.1, -0.05) is 0 Å². The van der Waals surface area contributed by atoms with Crippen molar-refractivity contribution in [1.29, 1.82) is 5.26 Å². The number of hydrogen-bond donors (Lipinski definition) is 2. The second-order valence-corrected chi connectivity index (χ2v) is 7.03. The zero-order valence-electron chi connectivity index (χ0n) is 15.3. The maximum Gasteiger partial charge on any atom is 0.407 e. The van der Waals surface area contributed by atoms with Gasteiger partial charge in [0.05, 0.1) is 13.2 Å². The quantitative estimate of drug-likeness (QED) is 0.824. The van der Waals surface area contributed by atoms with Crippen LogP contribution in [0.15, 0.2) is 18.3 Å². The highest BCUT2D eigenvalue weighted by Crippen LogP contribution is 2.29. The standard InChI is InChI=1S/C19H21N5O4/c20-8-14-6-12-9-21-17(22-13-2-1-4-24(10-13)19(25)26)7-16(12)18(23-14)28-15-3-5-27-11-15/h6-7,9,13,15H,1-5,10-11H2,(H,21,22)(H,25,26). The number of hydrogen-bond acceptors (Lipinski definition) is 7. The van der Waals surface area contributed by atoms with Crippen LogP contribution in [0.25, 0.3) is 10.8 Å². The number of anilines is 1. The topological polar surface area (TPSA) is 121 Å². The predicted molar refractivity (Wildman–Crippen MR) is 100 cm³/mol. The van der Waals surface area contributed by atoms with Gasteiger partial charge < -0.3 is 24.8 Å². The minimum absolute atomic E-state index is 0.00580. The van der Waals surface area contributed by atoms with Crippen molar-refractivity contribution in [3.8, 4) is 11.9 Å². The molecule has 9 heteroatoms. The largest absolute Gasteiger partial charge is 0.471 e. The molecule has 4 heterocycles. The number of likely N-dealkylation sites (tertiary alicyclic amines) is 1. The maximum absolute atomic E-state index is 11.2. The number of ether oxygens (including phenoxy) is 2. The average Bonchev–Trinajstić information content (AvgIpc) is 3.21. The molecule has 0 bridgehead atoms. The maximum atomic E-state index is 11.2. The molecule has 0 saturated carbocycles. The number of aromatic nitrogens is 2. The number of pyridine rings is 2. The second kappa shape index (κ2) is 7.86. The molecular formula is C19H21N5O4. The Balaban J connectivity index is 1.60. The van der Waals surface area contributed by atoms with Crippen LogP contribution in [0.5, 0.6) is 5.88 Å². The number of nitriles is 1. The van der Waals surface area contributed by atoms with Crippen molar-refractivity contribution in [2.24, 2.45) is 0 Å². The molecule has 4 rings (SSSR count). The van der Waals surface area contributed by atoms with Crippen molar-refractivity contribution in [3.05, 3.63) is 24.0 Å². The van der Waals surface area contributed by atoms with Crippen molar-refractivity contribution >= 4 is 22.7 Å². The molecular weight excluding hydrogens is 362 g/mol. The van der Waals surface area contributed by atoms with E-state index in [0.717, 1.165) is 30.0 Å². The minimum atomic E-state index is -0.902. The fourth-order valence-corrected chi connectivity index (χ4v) is 3.58. The van der Waals surface area contributed by atoms with Gasteiger partial charge in [0, 0.05) is 42.5 Å². The van der Waals surface area contributed by atoms with E-state index < -0.39 is 6.09 Å². The van der Waals surface area contributed by atoms with Gasteiger partial charge in [-0.05, 0) is 25.0 Å². The first-order valence-corrected chi connectivity index (χ1v) is 9.32. The highest BCUT2D eigenvalue weighted by Gasteiger charge is 2.24. The molecule has 9 nitrogen and oxygen atoms in total. The summed E-state index contributed by atoms with van der Waals surface area (Å²) in [6.07, 6.45) is 3.15. The van der Waals surface area contributed by atoms with E-state index >= 15 is 0 Å². The zero-order valence-corrected chi connectivity index (χ0v) is 15.3. The van der Waals surface area contributed by atoms with Crippen LogP contribution in [0.3, 0.4) is 0 Å². The molecule has 28 heavy (non-hydrogen) atoms. The van der Waals surface area contributed by atoms with Crippen LogP contribution >= 0.6 is 0 Å². The number of nitrogens with one attached hydrogen (secondary N) is 1. The lowest BCUT2D eigenvalue weighted by Crippen LogP contribution is -2.44. The van der Waals surface area contributed by atoms with Gasteiger partial charge in [0.2, 0.25) is 5.88 Å². The first-order chi connectivity index (χ1) is 13.6. The lowest BCUT2D eigenvalue weighted by atomic mass is 10.1. The van der Waals surface area contributed by atoms with E-state index in [4.69, 9.17) is 9.47 Å². The molecule has 2 aliphatic heterocycles. The number of amides is 1. The number of rotatable bonds is 4. The zero-order chi connectivity index (χ0) is 19.5. The molecule has 2 fully saturated rings. The highest BCUT2D eigenvalue weighted by molar-refractivity contribution is 5.89. The number of nitrogens with zero attached hydrogens (tertiary/aromatic N) is 4. The lowest BCUT2D eigenvalue weighted by molar-refractivity contribution is 0.133. The Morgan fingerprint density at radius 3 is 3.07 bits per heavy atom. The number of carbonyl (C=O) groups is 1. The molecule has 0 aromatic carbocycles. The van der Waals surface area contributed by atoms with E-state index in [-0.39, 0.29) is 17.8 Å². The van der Waals surface area contributed by atoms with Gasteiger partial charge in [0.15, 0.2) is 0 Å². The number of piperidine rings is 1. The summed E-state index contributed by atoms with van der Waals surface area (Å²) in [5.74, 6) is 1.02. The van der Waals surface area contributed by atoms with Crippen molar-refractivity contribution in [2.75, 3.05) is 31.6 Å². The van der Waals surface area contributed by atoms with Crippen LogP contribution in [-0.2, 0) is 4.74 Å². The van der Waals surface area contributed by atoms with E-state index in [2.05, 4.69) is 21.4 Å². The van der Waals surface area contributed by atoms with Crippen LogP contribution in [0.4, 0.5) is 10.6 Å². The second-order valence-electron chi connectivity index (χ2n) is 7.03. The van der Waals surface area contributed by atoms with Crippen molar-refractivity contribution in [3.63, 3.8) is 0 Å². The molecule has 146 valence electrons. The van der Waals surface area contributed by atoms with Crippen LogP contribution in [0, 0.1) is 11.3 Å². The smallest absolute Gasteiger partial charge is 0.407 e. The lowest BCUT2D eigenvalue weighted by Gasteiger charge is -2.31. The summed E-state index contributed by atoms with van der Waals surface area (Å²) in [5.41, 5.74) is 0.272. The van der Waals surface area contributed by atoms with E-state index in [1.165, 1.54) is 4.90 Å². The van der Waals surface area contributed by atoms with Crippen LogP contribution < -0.4 is 10.1 Å². The Bertz CT molecular complexity index is 922. The summed E-state index contributed by atoms with van der Waals surface area (Å²) >= 11 is 0. The molecule has 2 atom stereocenters. The normalized spacial score (nSPS) is 22.0. The molecule has 2 N–H and O–H groups in total.